The zero-order chi connectivity index (χ0) is 23.7. The molecule has 5 aromatic carbocycles. The van der Waals surface area contributed by atoms with Gasteiger partial charge in [0.05, 0.1) is 19.8 Å². The van der Waals surface area contributed by atoms with Gasteiger partial charge in [-0.3, -0.25) is 0 Å². The first-order chi connectivity index (χ1) is 16.6. The van der Waals surface area contributed by atoms with E-state index in [4.69, 9.17) is 9.47 Å². The first kappa shape index (κ1) is 21.3. The molecule has 0 aromatic heterocycles. The van der Waals surface area contributed by atoms with Crippen molar-refractivity contribution in [1.29, 1.82) is 0 Å². The van der Waals surface area contributed by atoms with Gasteiger partial charge in [0.25, 0.3) is 0 Å². The Morgan fingerprint density at radius 2 is 1.53 bits per heavy atom. The molecule has 5 heteroatoms. The van der Waals surface area contributed by atoms with Crippen LogP contribution in [0.5, 0.6) is 11.5 Å². The maximum absolute atomic E-state index is 11.2. The van der Waals surface area contributed by atoms with Crippen LogP contribution in [0.1, 0.15) is 10.4 Å². The number of aromatic carboxylic acids is 1. The summed E-state index contributed by atoms with van der Waals surface area (Å²) in [6.07, 6.45) is 0. The van der Waals surface area contributed by atoms with Crippen molar-refractivity contribution in [2.45, 2.75) is 0 Å². The van der Waals surface area contributed by atoms with Crippen LogP contribution in [-0.2, 0) is 0 Å². The molecule has 5 aromatic rings. The summed E-state index contributed by atoms with van der Waals surface area (Å²) in [6, 6.07) is 29.2. The monoisotopic (exact) mass is 449 g/mol. The Hall–Kier alpha value is -4.51. The fraction of sp³-hybridized carbons (Fsp3) is 0.0690. The molecule has 0 fully saturated rings. The number of hydrogen-bond acceptors (Lipinski definition) is 4. The van der Waals surface area contributed by atoms with Crippen molar-refractivity contribution < 1.29 is 19.4 Å². The molecule has 0 atom stereocenters. The molecular weight excluding hydrogens is 426 g/mol. The van der Waals surface area contributed by atoms with Gasteiger partial charge in [-0.25, -0.2) is 4.79 Å². The lowest BCUT2D eigenvalue weighted by atomic mass is 9.92. The number of carboxylic acids is 1. The van der Waals surface area contributed by atoms with Gasteiger partial charge in [0.1, 0.15) is 11.5 Å². The second kappa shape index (κ2) is 8.79. The zero-order valence-corrected chi connectivity index (χ0v) is 18.8. The Bertz CT molecular complexity index is 1520. The Labute approximate surface area is 197 Å². The first-order valence-corrected chi connectivity index (χ1v) is 10.9. The minimum atomic E-state index is -0.948. The summed E-state index contributed by atoms with van der Waals surface area (Å²) in [6.45, 7) is 0. The highest BCUT2D eigenvalue weighted by Gasteiger charge is 2.16. The van der Waals surface area contributed by atoms with E-state index in [2.05, 4.69) is 35.6 Å². The third kappa shape index (κ3) is 3.77. The van der Waals surface area contributed by atoms with E-state index >= 15 is 0 Å². The van der Waals surface area contributed by atoms with E-state index < -0.39 is 5.97 Å². The van der Waals surface area contributed by atoms with Crippen LogP contribution in [0.25, 0.3) is 32.7 Å². The molecule has 168 valence electrons. The van der Waals surface area contributed by atoms with Crippen LogP contribution >= 0.6 is 0 Å². The van der Waals surface area contributed by atoms with E-state index in [-0.39, 0.29) is 5.56 Å². The molecule has 0 aliphatic heterocycles. The number of methoxy groups -OCH3 is 2. The van der Waals surface area contributed by atoms with Gasteiger partial charge in [0.15, 0.2) is 0 Å². The largest absolute Gasteiger partial charge is 0.497 e. The number of carbonyl (C=O) groups is 1. The van der Waals surface area contributed by atoms with Crippen molar-refractivity contribution >= 4 is 38.9 Å². The lowest BCUT2D eigenvalue weighted by molar-refractivity contribution is 0.0697. The summed E-state index contributed by atoms with van der Waals surface area (Å²) in [5, 5.41) is 17.0. The highest BCUT2D eigenvalue weighted by molar-refractivity contribution is 6.11. The quantitative estimate of drug-likeness (QED) is 0.289. The summed E-state index contributed by atoms with van der Waals surface area (Å²) >= 11 is 0. The predicted molar refractivity (Wildman–Crippen MR) is 137 cm³/mol. The van der Waals surface area contributed by atoms with Gasteiger partial charge >= 0.3 is 5.97 Å². The van der Waals surface area contributed by atoms with E-state index in [0.29, 0.717) is 0 Å². The van der Waals surface area contributed by atoms with Crippen molar-refractivity contribution in [3.05, 3.63) is 96.6 Å². The van der Waals surface area contributed by atoms with Crippen LogP contribution in [0.15, 0.2) is 91.0 Å². The smallest absolute Gasteiger partial charge is 0.335 e. The molecule has 0 bridgehead atoms. The Morgan fingerprint density at radius 3 is 2.24 bits per heavy atom. The van der Waals surface area contributed by atoms with Gasteiger partial charge in [0, 0.05) is 22.3 Å². The van der Waals surface area contributed by atoms with E-state index in [0.717, 1.165) is 55.5 Å². The van der Waals surface area contributed by atoms with Crippen LogP contribution in [0.3, 0.4) is 0 Å². The predicted octanol–water partition coefficient (Wildman–Crippen LogP) is 7.12. The molecule has 5 nitrogen and oxygen atoms in total. The molecule has 0 saturated heterocycles. The number of nitrogens with one attached hydrogen (secondary N) is 1. The van der Waals surface area contributed by atoms with E-state index in [1.54, 1.807) is 38.5 Å². The van der Waals surface area contributed by atoms with Gasteiger partial charge in [-0.2, -0.15) is 0 Å². The lowest BCUT2D eigenvalue weighted by Crippen LogP contribution is -1.98. The van der Waals surface area contributed by atoms with Crippen molar-refractivity contribution in [3.8, 4) is 22.6 Å². The molecule has 5 rings (SSSR count). The van der Waals surface area contributed by atoms with Crippen LogP contribution in [0, 0.1) is 0 Å². The van der Waals surface area contributed by atoms with Crippen LogP contribution < -0.4 is 14.8 Å². The molecular formula is C29H23NO4. The summed E-state index contributed by atoms with van der Waals surface area (Å²) in [4.78, 5) is 11.2. The van der Waals surface area contributed by atoms with Gasteiger partial charge in [-0.15, -0.1) is 0 Å². The van der Waals surface area contributed by atoms with Crippen LogP contribution in [-0.4, -0.2) is 25.3 Å². The number of hydrogen-bond donors (Lipinski definition) is 2. The summed E-state index contributed by atoms with van der Waals surface area (Å²) < 4.78 is 11.1. The highest BCUT2D eigenvalue weighted by Crippen LogP contribution is 2.43. The van der Waals surface area contributed by atoms with E-state index in [1.807, 2.05) is 36.4 Å². The standard InChI is InChI=1S/C29H23NO4/c1-33-21-12-13-22-19(17-21)9-15-26(30-20-10-7-18(8-11-20)29(31)32)28(22)25-14-16-27(34-2)24-6-4-3-5-23(24)25/h3-17,30H,1-2H3,(H,31,32). The SMILES string of the molecule is COc1ccc2c(-c3ccc(OC)c4ccccc34)c(Nc3ccc(C(=O)O)cc3)ccc2c1. The maximum atomic E-state index is 11.2. The van der Waals surface area contributed by atoms with Crippen molar-refractivity contribution in [2.75, 3.05) is 19.5 Å². The Morgan fingerprint density at radius 1 is 0.765 bits per heavy atom. The Kier molecular flexibility index (Phi) is 5.52. The number of rotatable bonds is 6. The fourth-order valence-electron chi connectivity index (χ4n) is 4.35. The van der Waals surface area contributed by atoms with Crippen molar-refractivity contribution in [1.82, 2.24) is 0 Å². The number of ether oxygens (including phenoxy) is 2. The maximum Gasteiger partial charge on any atom is 0.335 e. The van der Waals surface area contributed by atoms with Crippen LogP contribution in [0.2, 0.25) is 0 Å². The van der Waals surface area contributed by atoms with Gasteiger partial charge in [-0.05, 0) is 82.4 Å². The molecule has 2 N–H and O–H groups in total. The molecule has 0 aliphatic rings. The van der Waals surface area contributed by atoms with Gasteiger partial charge in [0.2, 0.25) is 0 Å². The number of benzene rings is 5. The molecule has 0 aliphatic carbocycles. The molecule has 34 heavy (non-hydrogen) atoms. The number of carboxylic acid groups (broad SMARTS) is 1. The molecule has 0 radical (unpaired) electrons. The molecule has 0 spiro atoms. The first-order valence-electron chi connectivity index (χ1n) is 10.9. The third-order valence-electron chi connectivity index (χ3n) is 6.01. The highest BCUT2D eigenvalue weighted by atomic mass is 16.5. The molecule has 0 unspecified atom stereocenters. The van der Waals surface area contributed by atoms with Gasteiger partial charge < -0.3 is 19.9 Å². The average Bonchev–Trinajstić information content (AvgIpc) is 2.88. The average molecular weight is 450 g/mol. The normalized spacial score (nSPS) is 10.9. The Balaban J connectivity index is 1.75. The van der Waals surface area contributed by atoms with Crippen LogP contribution in [0.4, 0.5) is 11.4 Å². The lowest BCUT2D eigenvalue weighted by Gasteiger charge is -2.18. The second-order valence-corrected chi connectivity index (χ2v) is 7.94. The second-order valence-electron chi connectivity index (χ2n) is 7.94. The minimum absolute atomic E-state index is 0.248. The number of fused-ring (bicyclic) bond motifs is 2. The molecule has 0 saturated carbocycles. The van der Waals surface area contributed by atoms with Gasteiger partial charge in [-0.1, -0.05) is 30.3 Å². The molecule has 0 amide bonds. The van der Waals surface area contributed by atoms with E-state index in [9.17, 15) is 9.90 Å². The number of anilines is 2. The van der Waals surface area contributed by atoms with Crippen molar-refractivity contribution in [2.24, 2.45) is 0 Å². The zero-order valence-electron chi connectivity index (χ0n) is 18.8. The summed E-state index contributed by atoms with van der Waals surface area (Å²) in [7, 11) is 3.34. The summed E-state index contributed by atoms with van der Waals surface area (Å²) in [5.41, 5.74) is 4.07. The third-order valence-corrected chi connectivity index (χ3v) is 6.01. The molecule has 0 heterocycles. The fourth-order valence-corrected chi connectivity index (χ4v) is 4.35. The topological polar surface area (TPSA) is 67.8 Å². The minimum Gasteiger partial charge on any atom is -0.497 e. The van der Waals surface area contributed by atoms with Crippen molar-refractivity contribution in [3.63, 3.8) is 0 Å². The van der Waals surface area contributed by atoms with E-state index in [1.165, 1.54) is 0 Å². The summed E-state index contributed by atoms with van der Waals surface area (Å²) in [5.74, 6) is 0.666.